The molecule has 0 radical (unpaired) electrons. The van der Waals surface area contributed by atoms with Gasteiger partial charge in [-0.05, 0) is 78.1 Å². The van der Waals surface area contributed by atoms with E-state index in [1.165, 1.54) is 9.58 Å². The Balaban J connectivity index is 1.75. The Bertz CT molecular complexity index is 1570. The number of imide groups is 1. The molecule has 0 N–H and O–H groups in total. The molecule has 2 heterocycles. The number of carbonyl (C=O) groups excluding carboxylic acids is 3. The van der Waals surface area contributed by atoms with E-state index >= 15 is 4.39 Å². The summed E-state index contributed by atoms with van der Waals surface area (Å²) in [6.45, 7) is 10.0. The lowest BCUT2D eigenvalue weighted by molar-refractivity contribution is -0.670. The number of amides is 3. The van der Waals surface area contributed by atoms with Crippen molar-refractivity contribution in [3.63, 3.8) is 0 Å². The summed E-state index contributed by atoms with van der Waals surface area (Å²) in [5.74, 6) is -1.36. The molecule has 1 aliphatic rings. The van der Waals surface area contributed by atoms with Crippen LogP contribution in [-0.4, -0.2) is 55.5 Å². The predicted octanol–water partition coefficient (Wildman–Crippen LogP) is 6.77. The highest BCUT2D eigenvalue weighted by atomic mass is 32.2. The second kappa shape index (κ2) is 13.0. The standard InChI is InChI=1S/C32H38F2N5O5S/c1-30(2,3)43-28(41)38(29(42)44-31(4,5)6)17-11-16-32(22-12-9-8-10-13-22)39(27(40)37-19-18-36(7)21-37)35-26(45-32)24-20-23(33)14-15-25(24)34/h8-10,12-15,18-21H,11,16-17H2,1-7H3/q+1. The number of nitrogens with zero attached hydrogens (tertiary/aromatic N) is 5. The Kier molecular flexibility index (Phi) is 9.71. The van der Waals surface area contributed by atoms with Gasteiger partial charge in [0.25, 0.3) is 6.33 Å². The fraction of sp³-hybridized carbons (Fsp3) is 0.406. The van der Waals surface area contributed by atoms with Crippen molar-refractivity contribution in [2.75, 3.05) is 6.54 Å². The number of rotatable bonds is 6. The van der Waals surface area contributed by atoms with Gasteiger partial charge in [-0.15, -0.1) is 0 Å². The van der Waals surface area contributed by atoms with E-state index in [1.54, 1.807) is 84.0 Å². The molecule has 10 nitrogen and oxygen atoms in total. The highest BCUT2D eigenvalue weighted by molar-refractivity contribution is 8.15. The largest absolute Gasteiger partial charge is 0.443 e. The number of carbonyl (C=O) groups is 3. The SMILES string of the molecule is C[n+]1ccn(C(=O)N2N=C(c3cc(F)ccc3F)SC2(CCCN(C(=O)OC(C)(C)C)C(=O)OC(C)(C)C)c2ccccc2)c1. The third-order valence-corrected chi connectivity index (χ3v) is 7.92. The quantitative estimate of drug-likeness (QED) is 0.275. The highest BCUT2D eigenvalue weighted by Gasteiger charge is 2.51. The zero-order valence-electron chi connectivity index (χ0n) is 26.4. The van der Waals surface area contributed by atoms with Gasteiger partial charge in [-0.3, -0.25) is 0 Å². The van der Waals surface area contributed by atoms with Crippen LogP contribution >= 0.6 is 11.8 Å². The van der Waals surface area contributed by atoms with Crippen molar-refractivity contribution in [1.29, 1.82) is 0 Å². The molecule has 240 valence electrons. The fourth-order valence-electron chi connectivity index (χ4n) is 4.58. The number of ether oxygens (including phenoxy) is 2. The number of thioether (sulfide) groups is 1. The smallest absolute Gasteiger partial charge is 0.437 e. The monoisotopic (exact) mass is 642 g/mol. The molecule has 0 fully saturated rings. The van der Waals surface area contributed by atoms with Crippen LogP contribution in [0.1, 0.15) is 65.5 Å². The van der Waals surface area contributed by atoms with Crippen molar-refractivity contribution in [2.24, 2.45) is 12.1 Å². The molecule has 4 rings (SSSR count). The second-order valence-corrected chi connectivity index (χ2v) is 13.8. The number of aromatic nitrogens is 2. The van der Waals surface area contributed by atoms with Crippen LogP contribution in [-0.2, 0) is 21.4 Å². The third kappa shape index (κ3) is 8.07. The number of imidazole rings is 1. The number of hydrogen-bond donors (Lipinski definition) is 0. The molecule has 1 atom stereocenters. The minimum absolute atomic E-state index is 0.0943. The predicted molar refractivity (Wildman–Crippen MR) is 165 cm³/mol. The van der Waals surface area contributed by atoms with Gasteiger partial charge in [0.15, 0.2) is 0 Å². The summed E-state index contributed by atoms with van der Waals surface area (Å²) in [5, 5.41) is 5.91. The molecular weight excluding hydrogens is 604 g/mol. The molecule has 0 bridgehead atoms. The minimum atomic E-state index is -1.27. The van der Waals surface area contributed by atoms with Crippen molar-refractivity contribution in [3.05, 3.63) is 90.0 Å². The van der Waals surface area contributed by atoms with E-state index in [-0.39, 0.29) is 30.0 Å². The van der Waals surface area contributed by atoms with Crippen molar-refractivity contribution in [2.45, 2.75) is 70.5 Å². The van der Waals surface area contributed by atoms with Gasteiger partial charge in [0.2, 0.25) is 0 Å². The molecule has 0 saturated carbocycles. The second-order valence-electron chi connectivity index (χ2n) is 12.6. The van der Waals surface area contributed by atoms with Crippen LogP contribution < -0.4 is 4.57 Å². The van der Waals surface area contributed by atoms with Crippen LogP contribution in [0.25, 0.3) is 0 Å². The highest BCUT2D eigenvalue weighted by Crippen LogP contribution is 2.51. The first kappa shape index (κ1) is 33.6. The summed E-state index contributed by atoms with van der Waals surface area (Å²) in [6.07, 6.45) is 3.36. The van der Waals surface area contributed by atoms with Gasteiger partial charge < -0.3 is 9.47 Å². The minimum Gasteiger partial charge on any atom is -0.443 e. The number of aryl methyl sites for hydroxylation is 1. The molecule has 0 spiro atoms. The van der Waals surface area contributed by atoms with Gasteiger partial charge in [0.05, 0.1) is 7.05 Å². The zero-order valence-corrected chi connectivity index (χ0v) is 27.2. The number of hydrogen-bond acceptors (Lipinski definition) is 7. The van der Waals surface area contributed by atoms with Crippen molar-refractivity contribution < 1.29 is 37.2 Å². The van der Waals surface area contributed by atoms with Crippen LogP contribution in [0.3, 0.4) is 0 Å². The van der Waals surface area contributed by atoms with E-state index in [2.05, 4.69) is 5.10 Å². The van der Waals surface area contributed by atoms with Crippen molar-refractivity contribution in [1.82, 2.24) is 14.5 Å². The molecule has 1 aliphatic heterocycles. The molecule has 3 aromatic rings. The molecule has 13 heteroatoms. The van der Waals surface area contributed by atoms with Gasteiger partial charge in [0, 0.05) is 12.1 Å². The number of hydrazone groups is 1. The van der Waals surface area contributed by atoms with E-state index in [9.17, 15) is 18.8 Å². The lowest BCUT2D eigenvalue weighted by atomic mass is 10.00. The van der Waals surface area contributed by atoms with E-state index in [0.717, 1.165) is 34.9 Å². The Morgan fingerprint density at radius 2 is 1.60 bits per heavy atom. The topological polar surface area (TPSA) is 97.3 Å². The van der Waals surface area contributed by atoms with Crippen LogP contribution in [0, 0.1) is 11.6 Å². The van der Waals surface area contributed by atoms with Crippen LogP contribution in [0.15, 0.2) is 72.4 Å². The maximum absolute atomic E-state index is 15.1. The first-order valence-corrected chi connectivity index (χ1v) is 15.2. The average molecular weight is 643 g/mol. The molecule has 45 heavy (non-hydrogen) atoms. The summed E-state index contributed by atoms with van der Waals surface area (Å²) < 4.78 is 43.4. The van der Waals surface area contributed by atoms with Gasteiger partial charge in [-0.1, -0.05) is 42.1 Å². The Hall–Kier alpha value is -4.26. The Labute approximate surface area is 265 Å². The van der Waals surface area contributed by atoms with Crippen molar-refractivity contribution >= 4 is 35.0 Å². The van der Waals surface area contributed by atoms with Crippen molar-refractivity contribution in [3.8, 4) is 0 Å². The molecule has 1 aromatic heterocycles. The number of benzene rings is 2. The summed E-state index contributed by atoms with van der Waals surface area (Å²) in [6, 6.07) is 11.5. The zero-order chi connectivity index (χ0) is 33.2. The lowest BCUT2D eigenvalue weighted by Crippen LogP contribution is -2.46. The van der Waals surface area contributed by atoms with Gasteiger partial charge in [0.1, 0.15) is 45.1 Å². The molecule has 0 saturated heterocycles. The summed E-state index contributed by atoms with van der Waals surface area (Å²) >= 11 is 1.09. The molecule has 0 aliphatic carbocycles. The van der Waals surface area contributed by atoms with Crippen LogP contribution in [0.4, 0.5) is 23.2 Å². The Morgan fingerprint density at radius 3 is 2.16 bits per heavy atom. The van der Waals surface area contributed by atoms with Crippen LogP contribution in [0.5, 0.6) is 0 Å². The van der Waals surface area contributed by atoms with E-state index in [1.807, 2.05) is 18.2 Å². The van der Waals surface area contributed by atoms with Crippen LogP contribution in [0.2, 0.25) is 0 Å². The maximum Gasteiger partial charge on any atom is 0.437 e. The fourth-order valence-corrected chi connectivity index (χ4v) is 6.00. The van der Waals surface area contributed by atoms with Gasteiger partial charge in [-0.25, -0.2) is 32.6 Å². The van der Waals surface area contributed by atoms with Gasteiger partial charge in [-0.2, -0.15) is 14.7 Å². The average Bonchev–Trinajstić information content (AvgIpc) is 3.55. The first-order valence-electron chi connectivity index (χ1n) is 14.4. The first-order chi connectivity index (χ1) is 21.0. The number of halogens is 2. The van der Waals surface area contributed by atoms with Gasteiger partial charge >= 0.3 is 18.2 Å². The molecule has 2 aromatic carbocycles. The molecule has 1 unspecified atom stereocenters. The normalized spacial score (nSPS) is 16.7. The lowest BCUT2D eigenvalue weighted by Gasteiger charge is -2.35. The molecular formula is C32H38F2N5O5S+. The summed E-state index contributed by atoms with van der Waals surface area (Å²) in [4.78, 5) is 40.0. The summed E-state index contributed by atoms with van der Waals surface area (Å²) in [7, 11) is 1.76. The summed E-state index contributed by atoms with van der Waals surface area (Å²) in [5.41, 5.74) is -1.20. The third-order valence-electron chi connectivity index (χ3n) is 6.48. The van der Waals surface area contributed by atoms with E-state index < -0.39 is 45.9 Å². The van der Waals surface area contributed by atoms with E-state index in [4.69, 9.17) is 9.47 Å². The Morgan fingerprint density at radius 1 is 0.978 bits per heavy atom. The maximum atomic E-state index is 15.1. The van der Waals surface area contributed by atoms with E-state index in [0.29, 0.717) is 5.56 Å². The molecule has 3 amide bonds.